The van der Waals surface area contributed by atoms with Crippen molar-refractivity contribution < 1.29 is 0 Å². The molecule has 0 saturated heterocycles. The molecule has 0 aliphatic rings. The van der Waals surface area contributed by atoms with Crippen molar-refractivity contribution in [3.8, 4) is 0 Å². The van der Waals surface area contributed by atoms with Gasteiger partial charge in [-0.05, 0) is 11.8 Å². The average Bonchev–Trinajstić information content (AvgIpc) is 2.86. The SMILES string of the molecule is CCCCCCCCCCCCCC[S-].CCCCCCCCCCCCCC[S-].[CH2]C(C)C.[CH2]C(C)C.[Sn+2]. The van der Waals surface area contributed by atoms with Crippen LogP contribution in [0.5, 0.6) is 0 Å². The van der Waals surface area contributed by atoms with E-state index in [9.17, 15) is 0 Å². The van der Waals surface area contributed by atoms with Gasteiger partial charge in [0.15, 0.2) is 0 Å². The summed E-state index contributed by atoms with van der Waals surface area (Å²) in [5.74, 6) is 3.08. The number of hydrogen-bond donors (Lipinski definition) is 0. The zero-order valence-electron chi connectivity index (χ0n) is 28.3. The summed E-state index contributed by atoms with van der Waals surface area (Å²) in [6.45, 7) is 20.1. The van der Waals surface area contributed by atoms with Gasteiger partial charge in [0.25, 0.3) is 0 Å². The second-order valence-corrected chi connectivity index (χ2v) is 12.8. The van der Waals surface area contributed by atoms with Gasteiger partial charge < -0.3 is 25.3 Å². The van der Waals surface area contributed by atoms with Crippen molar-refractivity contribution in [1.29, 1.82) is 0 Å². The van der Waals surface area contributed by atoms with Crippen molar-refractivity contribution in [3.05, 3.63) is 13.8 Å². The normalized spacial score (nSPS) is 10.2. The zero-order chi connectivity index (χ0) is 29.5. The van der Waals surface area contributed by atoms with Crippen LogP contribution in [0.2, 0.25) is 0 Å². The van der Waals surface area contributed by atoms with Gasteiger partial charge in [0.1, 0.15) is 0 Å². The minimum Gasteiger partial charge on any atom is -0.793 e. The van der Waals surface area contributed by atoms with Crippen LogP contribution in [0.1, 0.15) is 196 Å². The van der Waals surface area contributed by atoms with Crippen molar-refractivity contribution >= 4 is 49.2 Å². The second-order valence-electron chi connectivity index (χ2n) is 12.0. The van der Waals surface area contributed by atoms with Crippen molar-refractivity contribution in [1.82, 2.24) is 0 Å². The van der Waals surface area contributed by atoms with Gasteiger partial charge in [0, 0.05) is 0 Å². The number of unbranched alkanes of at least 4 members (excludes halogenated alkanes) is 22. The second kappa shape index (κ2) is 52.2. The van der Waals surface area contributed by atoms with Gasteiger partial charge in [-0.3, -0.25) is 0 Å². The maximum atomic E-state index is 4.92. The Hall–Kier alpha value is 1.50. The van der Waals surface area contributed by atoms with Crippen molar-refractivity contribution in [2.75, 3.05) is 11.5 Å². The Morgan fingerprint density at radius 2 is 0.487 bits per heavy atom. The first kappa shape index (κ1) is 50.1. The van der Waals surface area contributed by atoms with E-state index in [0.29, 0.717) is 11.8 Å². The van der Waals surface area contributed by atoms with E-state index in [1.807, 2.05) is 0 Å². The van der Waals surface area contributed by atoms with Gasteiger partial charge in [0.2, 0.25) is 0 Å². The molecule has 0 unspecified atom stereocenters. The minimum atomic E-state index is 0. The molecule has 4 radical (unpaired) electrons. The van der Waals surface area contributed by atoms with Crippen LogP contribution in [0.25, 0.3) is 0 Å². The summed E-state index contributed by atoms with van der Waals surface area (Å²) in [5.41, 5.74) is 0. The number of rotatable bonds is 24. The quantitative estimate of drug-likeness (QED) is 0.0561. The largest absolute Gasteiger partial charge is 2.00 e. The predicted molar refractivity (Wildman–Crippen MR) is 193 cm³/mol. The summed E-state index contributed by atoms with van der Waals surface area (Å²) in [5, 5.41) is 0. The molecule has 0 heterocycles. The van der Waals surface area contributed by atoms with Crippen LogP contribution in [0.4, 0.5) is 0 Å². The van der Waals surface area contributed by atoms with E-state index in [0.717, 1.165) is 11.5 Å². The molecule has 0 aromatic heterocycles. The Balaban J connectivity index is -0.000000152. The predicted octanol–water partition coefficient (Wildman–Crippen LogP) is 13.0. The van der Waals surface area contributed by atoms with E-state index in [2.05, 4.69) is 55.4 Å². The van der Waals surface area contributed by atoms with Gasteiger partial charge in [0.05, 0.1) is 0 Å². The van der Waals surface area contributed by atoms with E-state index >= 15 is 0 Å². The Labute approximate surface area is 280 Å². The molecule has 0 rings (SSSR count). The van der Waals surface area contributed by atoms with Crippen molar-refractivity contribution in [3.63, 3.8) is 0 Å². The van der Waals surface area contributed by atoms with Crippen LogP contribution in [0.3, 0.4) is 0 Å². The molecule has 0 aliphatic heterocycles. The molecule has 0 aromatic rings. The standard InChI is InChI=1S/2C14H30S.2C4H9.Sn/c2*1-2-3-4-5-6-7-8-9-10-11-12-13-14-15;2*1-4(2)3;/h2*15H,2-14H2,1H3;2*4H,1H2,2-3H3;/q;;;;+2/p-2. The third-order valence-electron chi connectivity index (χ3n) is 6.00. The molecule has 0 saturated carbocycles. The first-order valence-corrected chi connectivity index (χ1v) is 18.3. The maximum Gasteiger partial charge on any atom is 2.00 e. The molecule has 3 heteroatoms. The van der Waals surface area contributed by atoms with Gasteiger partial charge >= 0.3 is 23.9 Å². The number of hydrogen-bond acceptors (Lipinski definition) is 2. The summed E-state index contributed by atoms with van der Waals surface area (Å²) < 4.78 is 0. The van der Waals surface area contributed by atoms with E-state index in [1.165, 1.54) is 154 Å². The molecule has 0 nitrogen and oxygen atoms in total. The topological polar surface area (TPSA) is 0 Å². The van der Waals surface area contributed by atoms with Gasteiger partial charge in [-0.2, -0.15) is 11.5 Å². The molecule has 236 valence electrons. The molecule has 39 heavy (non-hydrogen) atoms. The molecule has 0 aromatic carbocycles. The minimum absolute atomic E-state index is 0. The van der Waals surface area contributed by atoms with E-state index in [1.54, 1.807) is 0 Å². The fourth-order valence-corrected chi connectivity index (χ4v) is 4.29. The fourth-order valence-electron chi connectivity index (χ4n) is 3.89. The van der Waals surface area contributed by atoms with Gasteiger partial charge in [-0.25, -0.2) is 0 Å². The third kappa shape index (κ3) is 85.4. The summed E-state index contributed by atoms with van der Waals surface area (Å²) in [6, 6.07) is 0. The third-order valence-corrected chi connectivity index (χ3v) is 6.57. The van der Waals surface area contributed by atoms with Gasteiger partial charge in [-0.1, -0.05) is 209 Å². The Kier molecular flexibility index (Phi) is 67.1. The maximum absolute atomic E-state index is 4.92. The van der Waals surface area contributed by atoms with Crippen LogP contribution in [-0.2, 0) is 25.3 Å². The smallest absolute Gasteiger partial charge is 0.793 e. The molecule has 0 aliphatic carbocycles. The van der Waals surface area contributed by atoms with E-state index in [-0.39, 0.29) is 23.9 Å². The first-order chi connectivity index (χ1) is 18.3. The molecule has 0 N–H and O–H groups in total. The van der Waals surface area contributed by atoms with Crippen molar-refractivity contribution in [2.24, 2.45) is 11.8 Å². The molecular formula is C36H76S2Sn. The fraction of sp³-hybridized carbons (Fsp3) is 0.944. The molecule has 0 amide bonds. The monoisotopic (exact) mass is 692 g/mol. The van der Waals surface area contributed by atoms with Crippen LogP contribution < -0.4 is 0 Å². The van der Waals surface area contributed by atoms with Crippen molar-refractivity contribution in [2.45, 2.75) is 196 Å². The van der Waals surface area contributed by atoms with Crippen LogP contribution in [0, 0.1) is 25.7 Å². The molecular weight excluding hydrogens is 615 g/mol. The van der Waals surface area contributed by atoms with Crippen LogP contribution >= 0.6 is 0 Å². The molecule has 0 spiro atoms. The Bertz CT molecular complexity index is 273. The molecule has 0 atom stereocenters. The Morgan fingerprint density at radius 3 is 0.615 bits per heavy atom. The van der Waals surface area contributed by atoms with Crippen LogP contribution in [0.15, 0.2) is 0 Å². The molecule has 0 fully saturated rings. The summed E-state index contributed by atoms with van der Waals surface area (Å²) in [7, 11) is 0. The van der Waals surface area contributed by atoms with Gasteiger partial charge in [-0.15, -0.1) is 0 Å². The summed E-state index contributed by atoms with van der Waals surface area (Å²) >= 11 is 9.84. The van der Waals surface area contributed by atoms with E-state index < -0.39 is 0 Å². The average molecular weight is 692 g/mol. The summed E-state index contributed by atoms with van der Waals surface area (Å²) in [4.78, 5) is 0. The Morgan fingerprint density at radius 1 is 0.359 bits per heavy atom. The van der Waals surface area contributed by atoms with E-state index in [4.69, 9.17) is 25.3 Å². The summed E-state index contributed by atoms with van der Waals surface area (Å²) in [6.07, 6.45) is 34.0. The van der Waals surface area contributed by atoms with Crippen LogP contribution in [-0.4, -0.2) is 35.4 Å². The zero-order valence-corrected chi connectivity index (χ0v) is 32.8. The first-order valence-electron chi connectivity index (χ1n) is 17.1. The molecule has 0 bridgehead atoms.